The molecule has 13 heteroatoms. The van der Waals surface area contributed by atoms with E-state index in [0.29, 0.717) is 68.8 Å². The lowest BCUT2D eigenvalue weighted by Crippen LogP contribution is -2.47. The minimum atomic E-state index is -5.94. The van der Waals surface area contributed by atoms with Gasteiger partial charge in [0.2, 0.25) is 0 Å². The van der Waals surface area contributed by atoms with Crippen LogP contribution < -0.4 is 15.0 Å². The zero-order chi connectivity index (χ0) is 28.2. The molecule has 0 saturated carbocycles. The first-order valence-electron chi connectivity index (χ1n) is 12.2. The molecule has 0 unspecified atom stereocenters. The normalized spacial score (nSPS) is 14.9. The molecule has 4 rings (SSSR count). The van der Waals surface area contributed by atoms with E-state index >= 15 is 0 Å². The van der Waals surface area contributed by atoms with Crippen molar-refractivity contribution in [3.05, 3.63) is 65.7 Å². The molecule has 1 amide bonds. The Morgan fingerprint density at radius 3 is 2.41 bits per heavy atom. The maximum absolute atomic E-state index is 13.6. The van der Waals surface area contributed by atoms with Gasteiger partial charge in [0.25, 0.3) is 5.91 Å². The summed E-state index contributed by atoms with van der Waals surface area (Å²) in [5, 5.41) is 6.87. The molecule has 1 aromatic heterocycles. The Labute approximate surface area is 220 Å². The van der Waals surface area contributed by atoms with Gasteiger partial charge >= 0.3 is 12.3 Å². The molecular weight excluding hydrogens is 530 g/mol. The van der Waals surface area contributed by atoms with E-state index in [1.54, 1.807) is 11.8 Å². The van der Waals surface area contributed by atoms with Gasteiger partial charge in [0.1, 0.15) is 22.8 Å². The number of benzene rings is 2. The van der Waals surface area contributed by atoms with E-state index in [1.165, 1.54) is 0 Å². The number of aromatic nitrogens is 1. The number of carbonyl (C=O) groups excluding carboxylic acids is 1. The number of nitrogens with one attached hydrogen (secondary N) is 1. The number of piperazine rings is 1. The predicted molar refractivity (Wildman–Crippen MR) is 130 cm³/mol. The van der Waals surface area contributed by atoms with Gasteiger partial charge < -0.3 is 19.5 Å². The first kappa shape index (κ1) is 28.3. The van der Waals surface area contributed by atoms with Crippen LogP contribution in [0.3, 0.4) is 0 Å². The van der Waals surface area contributed by atoms with Gasteiger partial charge in [-0.25, -0.2) is 4.39 Å². The van der Waals surface area contributed by atoms with E-state index in [9.17, 15) is 31.1 Å². The Morgan fingerprint density at radius 1 is 1.05 bits per heavy atom. The number of nitrogens with zero attached hydrogens (tertiary/aromatic N) is 3. The van der Waals surface area contributed by atoms with Gasteiger partial charge in [-0.1, -0.05) is 35.5 Å². The molecule has 7 nitrogen and oxygen atoms in total. The standard InChI is InChI=1S/C26H26F6N4O3/c1-17-22(23(34-39-17)18-6-3-2-4-7-18)24(37)33-10-5-11-35-12-14-36(15-13-35)20-9-8-19(27)16-21(20)38-26(31,32)25(28,29)30/h2-4,6-9,16H,5,10-15H2,1H3,(H,33,37). The molecule has 0 atom stereocenters. The molecular formula is C26H26F6N4O3. The average molecular weight is 557 g/mol. The van der Waals surface area contributed by atoms with Crippen molar-refractivity contribution in [2.75, 3.05) is 44.2 Å². The molecule has 1 saturated heterocycles. The quantitative estimate of drug-likeness (QED) is 0.286. The summed E-state index contributed by atoms with van der Waals surface area (Å²) in [5.41, 5.74) is 1.53. The summed E-state index contributed by atoms with van der Waals surface area (Å²) in [7, 11) is 0. The van der Waals surface area contributed by atoms with Crippen LogP contribution >= 0.6 is 0 Å². The molecule has 1 N–H and O–H groups in total. The number of carbonyl (C=O) groups is 1. The summed E-state index contributed by atoms with van der Waals surface area (Å²) in [6, 6.07) is 11.8. The zero-order valence-corrected chi connectivity index (χ0v) is 20.9. The van der Waals surface area contributed by atoms with E-state index in [0.717, 1.165) is 17.7 Å². The highest BCUT2D eigenvalue weighted by Crippen LogP contribution is 2.41. The van der Waals surface area contributed by atoms with Crippen LogP contribution in [0, 0.1) is 12.7 Å². The third-order valence-corrected chi connectivity index (χ3v) is 6.28. The summed E-state index contributed by atoms with van der Waals surface area (Å²) < 4.78 is 87.6. The van der Waals surface area contributed by atoms with Crippen LogP contribution in [-0.4, -0.2) is 67.5 Å². The number of alkyl halides is 5. The zero-order valence-electron chi connectivity index (χ0n) is 20.9. The van der Waals surface area contributed by atoms with E-state index in [4.69, 9.17) is 4.52 Å². The van der Waals surface area contributed by atoms with Gasteiger partial charge in [-0.15, -0.1) is 0 Å². The summed E-state index contributed by atoms with van der Waals surface area (Å²) >= 11 is 0. The fraction of sp³-hybridized carbons (Fsp3) is 0.385. The van der Waals surface area contributed by atoms with Crippen LogP contribution in [0.5, 0.6) is 5.75 Å². The average Bonchev–Trinajstić information content (AvgIpc) is 3.28. The van der Waals surface area contributed by atoms with E-state index in [-0.39, 0.29) is 11.6 Å². The Morgan fingerprint density at radius 2 is 1.74 bits per heavy atom. The first-order valence-corrected chi connectivity index (χ1v) is 12.2. The highest BCUT2D eigenvalue weighted by atomic mass is 19.4. The van der Waals surface area contributed by atoms with Crippen LogP contribution in [0.25, 0.3) is 11.3 Å². The van der Waals surface area contributed by atoms with Crippen LogP contribution in [0.15, 0.2) is 53.1 Å². The minimum Gasteiger partial charge on any atom is -0.423 e. The number of ether oxygens (including phenoxy) is 1. The van der Waals surface area contributed by atoms with E-state index < -0.39 is 23.9 Å². The molecule has 1 fully saturated rings. The van der Waals surface area contributed by atoms with Crippen molar-refractivity contribution >= 4 is 11.6 Å². The fourth-order valence-electron chi connectivity index (χ4n) is 4.26. The summed E-state index contributed by atoms with van der Waals surface area (Å²) in [5.74, 6) is -1.78. The summed E-state index contributed by atoms with van der Waals surface area (Å²) in [6.07, 6.45) is -10.8. The van der Waals surface area contributed by atoms with Crippen molar-refractivity contribution in [3.8, 4) is 17.0 Å². The smallest absolute Gasteiger partial charge is 0.423 e. The van der Waals surface area contributed by atoms with Crippen molar-refractivity contribution < 1.29 is 40.4 Å². The number of aryl methyl sites for hydroxylation is 1. The Kier molecular flexibility index (Phi) is 8.38. The number of halogens is 6. The van der Waals surface area contributed by atoms with Gasteiger partial charge in [0.05, 0.1) is 5.69 Å². The largest absolute Gasteiger partial charge is 0.499 e. The van der Waals surface area contributed by atoms with Crippen molar-refractivity contribution in [2.24, 2.45) is 0 Å². The van der Waals surface area contributed by atoms with Crippen molar-refractivity contribution in [1.82, 2.24) is 15.4 Å². The molecule has 39 heavy (non-hydrogen) atoms. The number of hydrogen-bond acceptors (Lipinski definition) is 6. The maximum atomic E-state index is 13.6. The Balaban J connectivity index is 1.28. The Bertz CT molecular complexity index is 1270. The number of anilines is 1. The molecule has 2 heterocycles. The molecule has 0 radical (unpaired) electrons. The molecule has 2 aromatic carbocycles. The molecule has 3 aromatic rings. The van der Waals surface area contributed by atoms with Crippen LogP contribution in [0.4, 0.5) is 32.0 Å². The number of amides is 1. The first-order chi connectivity index (χ1) is 18.5. The highest BCUT2D eigenvalue weighted by molar-refractivity contribution is 6.00. The van der Waals surface area contributed by atoms with Crippen LogP contribution in [0.1, 0.15) is 22.5 Å². The molecule has 0 bridgehead atoms. The Hall–Kier alpha value is -3.74. The number of rotatable bonds is 9. The van der Waals surface area contributed by atoms with E-state index in [1.807, 2.05) is 30.3 Å². The lowest BCUT2D eigenvalue weighted by molar-refractivity contribution is -0.360. The third-order valence-electron chi connectivity index (χ3n) is 6.28. The second-order valence-electron chi connectivity index (χ2n) is 9.00. The molecule has 210 valence electrons. The van der Waals surface area contributed by atoms with Crippen molar-refractivity contribution in [3.63, 3.8) is 0 Å². The lowest BCUT2D eigenvalue weighted by atomic mass is 10.1. The fourth-order valence-corrected chi connectivity index (χ4v) is 4.26. The second-order valence-corrected chi connectivity index (χ2v) is 9.00. The highest BCUT2D eigenvalue weighted by Gasteiger charge is 2.61. The lowest BCUT2D eigenvalue weighted by Gasteiger charge is -2.37. The summed E-state index contributed by atoms with van der Waals surface area (Å²) in [4.78, 5) is 16.4. The topological polar surface area (TPSA) is 70.8 Å². The van der Waals surface area contributed by atoms with Crippen molar-refractivity contribution in [2.45, 2.75) is 25.6 Å². The predicted octanol–water partition coefficient (Wildman–Crippen LogP) is 5.27. The van der Waals surface area contributed by atoms with Gasteiger partial charge in [0.15, 0.2) is 5.75 Å². The van der Waals surface area contributed by atoms with Gasteiger partial charge in [-0.2, -0.15) is 22.0 Å². The SMILES string of the molecule is Cc1onc(-c2ccccc2)c1C(=O)NCCCN1CCN(c2ccc(F)cc2OC(F)(F)C(F)(F)F)CC1. The monoisotopic (exact) mass is 556 g/mol. The van der Waals surface area contributed by atoms with Crippen LogP contribution in [-0.2, 0) is 0 Å². The molecule has 0 aliphatic carbocycles. The van der Waals surface area contributed by atoms with Crippen LogP contribution in [0.2, 0.25) is 0 Å². The third kappa shape index (κ3) is 6.64. The minimum absolute atomic E-state index is 0.0504. The van der Waals surface area contributed by atoms with Gasteiger partial charge in [0, 0.05) is 44.4 Å². The van der Waals surface area contributed by atoms with Crippen molar-refractivity contribution in [1.29, 1.82) is 0 Å². The molecule has 1 aliphatic heterocycles. The van der Waals surface area contributed by atoms with Gasteiger partial charge in [-0.3, -0.25) is 9.69 Å². The molecule has 1 aliphatic rings. The second kappa shape index (κ2) is 11.6. The summed E-state index contributed by atoms with van der Waals surface area (Å²) in [6.45, 7) is 4.20. The van der Waals surface area contributed by atoms with E-state index in [2.05, 4.69) is 20.1 Å². The maximum Gasteiger partial charge on any atom is 0.499 e. The number of hydrogen-bond donors (Lipinski definition) is 1. The van der Waals surface area contributed by atoms with Gasteiger partial charge in [-0.05, 0) is 32.0 Å². The molecule has 0 spiro atoms.